The predicted molar refractivity (Wildman–Crippen MR) is 79.3 cm³/mol. The molecule has 6 heteroatoms. The van der Waals surface area contributed by atoms with Crippen molar-refractivity contribution in [2.75, 3.05) is 6.61 Å². The Bertz CT molecular complexity index is 657. The molecule has 0 aliphatic carbocycles. The molecule has 1 aromatic heterocycles. The van der Waals surface area contributed by atoms with E-state index in [0.717, 1.165) is 42.9 Å². The van der Waals surface area contributed by atoms with E-state index in [4.69, 9.17) is 10.5 Å². The number of rotatable bonds is 5. The Kier molecular flexibility index (Phi) is 4.06. The van der Waals surface area contributed by atoms with Gasteiger partial charge < -0.3 is 10.5 Å². The van der Waals surface area contributed by atoms with Gasteiger partial charge in [0.15, 0.2) is 0 Å². The SMILES string of the molecule is NCc1ccc(OCCn2nc3n(c2=O)CCCC3)cc1. The van der Waals surface area contributed by atoms with Crippen molar-refractivity contribution >= 4 is 0 Å². The first-order chi connectivity index (χ1) is 10.3. The fourth-order valence-corrected chi connectivity index (χ4v) is 2.57. The predicted octanol–water partition coefficient (Wildman–Crippen LogP) is 0.919. The van der Waals surface area contributed by atoms with Crippen LogP contribution in [0, 0.1) is 0 Å². The summed E-state index contributed by atoms with van der Waals surface area (Å²) in [6, 6.07) is 7.67. The topological polar surface area (TPSA) is 75.1 Å². The highest BCUT2D eigenvalue weighted by molar-refractivity contribution is 5.26. The number of hydrogen-bond acceptors (Lipinski definition) is 4. The number of fused-ring (bicyclic) bond motifs is 1. The fraction of sp³-hybridized carbons (Fsp3) is 0.467. The highest BCUT2D eigenvalue weighted by atomic mass is 16.5. The zero-order valence-corrected chi connectivity index (χ0v) is 12.0. The van der Waals surface area contributed by atoms with E-state index in [0.29, 0.717) is 19.7 Å². The smallest absolute Gasteiger partial charge is 0.346 e. The van der Waals surface area contributed by atoms with Crippen LogP contribution in [-0.2, 0) is 26.1 Å². The van der Waals surface area contributed by atoms with Crippen LogP contribution in [0.1, 0.15) is 24.2 Å². The minimum absolute atomic E-state index is 0.0215. The minimum atomic E-state index is -0.0215. The van der Waals surface area contributed by atoms with Gasteiger partial charge in [0.2, 0.25) is 0 Å². The average molecular weight is 288 g/mol. The number of hydrogen-bond donors (Lipinski definition) is 1. The van der Waals surface area contributed by atoms with Gasteiger partial charge in [0.1, 0.15) is 18.2 Å². The summed E-state index contributed by atoms with van der Waals surface area (Å²) in [5.41, 5.74) is 6.60. The van der Waals surface area contributed by atoms with Gasteiger partial charge >= 0.3 is 5.69 Å². The van der Waals surface area contributed by atoms with Crippen molar-refractivity contribution in [3.05, 3.63) is 46.1 Å². The minimum Gasteiger partial charge on any atom is -0.492 e. The Hall–Kier alpha value is -2.08. The first kappa shape index (κ1) is 13.9. The maximum absolute atomic E-state index is 12.1. The summed E-state index contributed by atoms with van der Waals surface area (Å²) in [6.07, 6.45) is 3.06. The maximum atomic E-state index is 12.1. The van der Waals surface area contributed by atoms with Crippen LogP contribution in [0.4, 0.5) is 0 Å². The van der Waals surface area contributed by atoms with E-state index in [9.17, 15) is 4.79 Å². The van der Waals surface area contributed by atoms with Gasteiger partial charge in [0.25, 0.3) is 0 Å². The lowest BCUT2D eigenvalue weighted by atomic mass is 10.2. The highest BCUT2D eigenvalue weighted by Crippen LogP contribution is 2.12. The van der Waals surface area contributed by atoms with E-state index < -0.39 is 0 Å². The Morgan fingerprint density at radius 2 is 2.05 bits per heavy atom. The monoisotopic (exact) mass is 288 g/mol. The standard InChI is InChI=1S/C15H20N4O2/c16-11-12-4-6-13(7-5-12)21-10-9-19-15(20)18-8-2-1-3-14(18)17-19/h4-7H,1-3,8-11,16H2. The van der Waals surface area contributed by atoms with Crippen LogP contribution in [-0.4, -0.2) is 21.0 Å². The number of benzene rings is 1. The molecule has 2 aromatic rings. The van der Waals surface area contributed by atoms with Gasteiger partial charge in [-0.1, -0.05) is 12.1 Å². The van der Waals surface area contributed by atoms with Crippen LogP contribution in [0.15, 0.2) is 29.1 Å². The van der Waals surface area contributed by atoms with Crippen LogP contribution in [0.2, 0.25) is 0 Å². The van der Waals surface area contributed by atoms with Crippen molar-refractivity contribution in [2.24, 2.45) is 5.73 Å². The van der Waals surface area contributed by atoms with E-state index in [-0.39, 0.29) is 5.69 Å². The summed E-state index contributed by atoms with van der Waals surface area (Å²) in [7, 11) is 0. The van der Waals surface area contributed by atoms with Crippen LogP contribution < -0.4 is 16.2 Å². The van der Waals surface area contributed by atoms with E-state index >= 15 is 0 Å². The molecule has 0 bridgehead atoms. The second-order valence-corrected chi connectivity index (χ2v) is 5.23. The second kappa shape index (κ2) is 6.13. The zero-order chi connectivity index (χ0) is 14.7. The molecule has 0 amide bonds. The van der Waals surface area contributed by atoms with Crippen LogP contribution in [0.25, 0.3) is 0 Å². The fourth-order valence-electron chi connectivity index (χ4n) is 2.57. The summed E-state index contributed by atoms with van der Waals surface area (Å²) in [5, 5.41) is 4.38. The molecule has 0 atom stereocenters. The van der Waals surface area contributed by atoms with Gasteiger partial charge in [-0.05, 0) is 30.5 Å². The number of nitrogens with zero attached hydrogens (tertiary/aromatic N) is 3. The van der Waals surface area contributed by atoms with E-state index in [1.54, 1.807) is 4.57 Å². The van der Waals surface area contributed by atoms with Gasteiger partial charge in [0, 0.05) is 19.5 Å². The number of aromatic nitrogens is 3. The lowest BCUT2D eigenvalue weighted by Crippen LogP contribution is -2.28. The highest BCUT2D eigenvalue weighted by Gasteiger charge is 2.16. The molecule has 21 heavy (non-hydrogen) atoms. The summed E-state index contributed by atoms with van der Waals surface area (Å²) in [5.74, 6) is 1.68. The molecule has 1 aromatic carbocycles. The third-order valence-electron chi connectivity index (χ3n) is 3.76. The Balaban J connectivity index is 1.60. The number of nitrogens with two attached hydrogens (primary N) is 1. The summed E-state index contributed by atoms with van der Waals surface area (Å²) < 4.78 is 8.93. The summed E-state index contributed by atoms with van der Waals surface area (Å²) in [6.45, 7) is 2.21. The molecule has 0 fully saturated rings. The normalized spacial score (nSPS) is 14.0. The summed E-state index contributed by atoms with van der Waals surface area (Å²) >= 11 is 0. The van der Waals surface area contributed by atoms with Gasteiger partial charge in [0.05, 0.1) is 6.54 Å². The van der Waals surface area contributed by atoms with Crippen molar-refractivity contribution in [3.63, 3.8) is 0 Å². The van der Waals surface area contributed by atoms with Crippen molar-refractivity contribution in [1.82, 2.24) is 14.3 Å². The lowest BCUT2D eigenvalue weighted by Gasteiger charge is -2.09. The molecule has 0 saturated heterocycles. The third kappa shape index (κ3) is 3.00. The van der Waals surface area contributed by atoms with E-state index in [2.05, 4.69) is 5.10 Å². The molecule has 6 nitrogen and oxygen atoms in total. The molecule has 2 heterocycles. The van der Waals surface area contributed by atoms with Crippen LogP contribution in [0.5, 0.6) is 5.75 Å². The molecule has 1 aliphatic heterocycles. The van der Waals surface area contributed by atoms with Crippen molar-refractivity contribution in [2.45, 2.75) is 38.9 Å². The average Bonchev–Trinajstić information content (AvgIpc) is 2.85. The Labute approximate surface area is 123 Å². The molecule has 0 spiro atoms. The zero-order valence-electron chi connectivity index (χ0n) is 12.0. The van der Waals surface area contributed by atoms with Gasteiger partial charge in [-0.15, -0.1) is 0 Å². The Morgan fingerprint density at radius 1 is 1.24 bits per heavy atom. The first-order valence-corrected chi connectivity index (χ1v) is 7.36. The van der Waals surface area contributed by atoms with Crippen molar-refractivity contribution in [1.29, 1.82) is 0 Å². The van der Waals surface area contributed by atoms with Crippen LogP contribution in [0.3, 0.4) is 0 Å². The number of aryl methyl sites for hydroxylation is 1. The first-order valence-electron chi connectivity index (χ1n) is 7.36. The Morgan fingerprint density at radius 3 is 2.76 bits per heavy atom. The van der Waals surface area contributed by atoms with Crippen molar-refractivity contribution in [3.8, 4) is 5.75 Å². The van der Waals surface area contributed by atoms with Gasteiger partial charge in [-0.25, -0.2) is 9.48 Å². The van der Waals surface area contributed by atoms with Crippen LogP contribution >= 0.6 is 0 Å². The third-order valence-corrected chi connectivity index (χ3v) is 3.76. The van der Waals surface area contributed by atoms with Crippen molar-refractivity contribution < 1.29 is 4.74 Å². The molecule has 3 rings (SSSR count). The molecule has 112 valence electrons. The molecule has 1 aliphatic rings. The van der Waals surface area contributed by atoms with E-state index in [1.165, 1.54) is 4.68 Å². The van der Waals surface area contributed by atoms with E-state index in [1.807, 2.05) is 24.3 Å². The van der Waals surface area contributed by atoms with Gasteiger partial charge in [-0.3, -0.25) is 4.57 Å². The quantitative estimate of drug-likeness (QED) is 0.887. The number of ether oxygens (including phenoxy) is 1. The second-order valence-electron chi connectivity index (χ2n) is 5.23. The molecule has 0 saturated carbocycles. The summed E-state index contributed by atoms with van der Waals surface area (Å²) in [4.78, 5) is 12.1. The maximum Gasteiger partial charge on any atom is 0.346 e. The molecule has 0 radical (unpaired) electrons. The van der Waals surface area contributed by atoms with Gasteiger partial charge in [-0.2, -0.15) is 5.10 Å². The molecule has 2 N–H and O–H groups in total. The largest absolute Gasteiger partial charge is 0.492 e. The lowest BCUT2D eigenvalue weighted by molar-refractivity contribution is 0.288. The molecule has 0 unspecified atom stereocenters. The molecular weight excluding hydrogens is 268 g/mol. The molecular formula is C15H20N4O2.